The Hall–Kier alpha value is -1.04. The molecule has 0 aliphatic heterocycles. The molecule has 0 heterocycles. The van der Waals surface area contributed by atoms with Crippen LogP contribution in [0.15, 0.2) is 5.10 Å². The van der Waals surface area contributed by atoms with E-state index in [0.29, 0.717) is 11.8 Å². The number of nitrogens with one attached hydrogen (secondary N) is 1. The van der Waals surface area contributed by atoms with Crippen molar-refractivity contribution >= 4 is 5.71 Å². The highest BCUT2D eigenvalue weighted by atomic mass is 15.3. The van der Waals surface area contributed by atoms with Crippen molar-refractivity contribution in [3.63, 3.8) is 0 Å². The molecule has 0 amide bonds. The van der Waals surface area contributed by atoms with Crippen molar-refractivity contribution in [3.8, 4) is 6.07 Å². The molecule has 1 saturated carbocycles. The van der Waals surface area contributed by atoms with Crippen LogP contribution in [-0.2, 0) is 0 Å². The SMILES string of the molecule is CC(CC#N)NN=C1CC(C)(C)C1. The molecule has 1 atom stereocenters. The molecule has 0 aromatic carbocycles. The maximum Gasteiger partial charge on any atom is 0.0643 e. The second-order valence-corrected chi connectivity index (χ2v) is 4.59. The highest BCUT2D eigenvalue weighted by Gasteiger charge is 2.32. The highest BCUT2D eigenvalue weighted by Crippen LogP contribution is 2.37. The van der Waals surface area contributed by atoms with E-state index in [9.17, 15) is 0 Å². The number of hydrazone groups is 1. The minimum Gasteiger partial charge on any atom is -0.306 e. The van der Waals surface area contributed by atoms with Crippen LogP contribution in [0.2, 0.25) is 0 Å². The Morgan fingerprint density at radius 3 is 2.69 bits per heavy atom. The van der Waals surface area contributed by atoms with Gasteiger partial charge in [0.1, 0.15) is 0 Å². The normalized spacial score (nSPS) is 21.2. The Kier molecular flexibility index (Phi) is 2.92. The molecule has 0 spiro atoms. The van der Waals surface area contributed by atoms with Crippen LogP contribution in [0.1, 0.15) is 40.0 Å². The van der Waals surface area contributed by atoms with Crippen molar-refractivity contribution in [2.75, 3.05) is 0 Å². The van der Waals surface area contributed by atoms with E-state index in [2.05, 4.69) is 30.4 Å². The summed E-state index contributed by atoms with van der Waals surface area (Å²) < 4.78 is 0. The van der Waals surface area contributed by atoms with Crippen molar-refractivity contribution in [2.24, 2.45) is 10.5 Å². The molecule has 0 saturated heterocycles. The third-order valence-corrected chi connectivity index (χ3v) is 2.21. The minimum absolute atomic E-state index is 0.168. The van der Waals surface area contributed by atoms with Crippen LogP contribution >= 0.6 is 0 Å². The second-order valence-electron chi connectivity index (χ2n) is 4.59. The molecule has 1 aliphatic carbocycles. The van der Waals surface area contributed by atoms with Gasteiger partial charge in [0.05, 0.1) is 18.5 Å². The molecule has 0 radical (unpaired) electrons. The van der Waals surface area contributed by atoms with Gasteiger partial charge in [-0.05, 0) is 25.2 Å². The van der Waals surface area contributed by atoms with E-state index < -0.39 is 0 Å². The Labute approximate surface area is 79.8 Å². The highest BCUT2D eigenvalue weighted by molar-refractivity contribution is 5.91. The summed E-state index contributed by atoms with van der Waals surface area (Å²) in [6.07, 6.45) is 2.68. The molecule has 3 nitrogen and oxygen atoms in total. The zero-order valence-corrected chi connectivity index (χ0v) is 8.59. The maximum atomic E-state index is 8.42. The molecule has 0 bridgehead atoms. The summed E-state index contributed by atoms with van der Waals surface area (Å²) >= 11 is 0. The Morgan fingerprint density at radius 1 is 1.62 bits per heavy atom. The maximum absolute atomic E-state index is 8.42. The van der Waals surface area contributed by atoms with E-state index in [1.165, 1.54) is 5.71 Å². The molecule has 3 heteroatoms. The smallest absolute Gasteiger partial charge is 0.0643 e. The first-order chi connectivity index (χ1) is 6.03. The Balaban J connectivity index is 2.24. The molecule has 1 unspecified atom stereocenters. The fourth-order valence-electron chi connectivity index (χ4n) is 1.52. The lowest BCUT2D eigenvalue weighted by Crippen LogP contribution is -2.34. The van der Waals surface area contributed by atoms with E-state index in [4.69, 9.17) is 5.26 Å². The average molecular weight is 179 g/mol. The van der Waals surface area contributed by atoms with E-state index in [1.54, 1.807) is 0 Å². The molecule has 72 valence electrons. The fourth-order valence-corrected chi connectivity index (χ4v) is 1.52. The van der Waals surface area contributed by atoms with Gasteiger partial charge < -0.3 is 5.43 Å². The van der Waals surface area contributed by atoms with Crippen LogP contribution in [0.3, 0.4) is 0 Å². The first kappa shape index (κ1) is 10.0. The average Bonchev–Trinajstić information content (AvgIpc) is 1.97. The van der Waals surface area contributed by atoms with Gasteiger partial charge in [0.25, 0.3) is 0 Å². The summed E-state index contributed by atoms with van der Waals surface area (Å²) in [7, 11) is 0. The lowest BCUT2D eigenvalue weighted by atomic mass is 9.71. The first-order valence-corrected chi connectivity index (χ1v) is 4.71. The summed E-state index contributed by atoms with van der Waals surface area (Å²) in [5.74, 6) is 0. The van der Waals surface area contributed by atoms with Crippen LogP contribution in [0.25, 0.3) is 0 Å². The van der Waals surface area contributed by atoms with Crippen LogP contribution in [0.5, 0.6) is 0 Å². The molecule has 0 aromatic heterocycles. The van der Waals surface area contributed by atoms with Crippen molar-refractivity contribution in [1.82, 2.24) is 5.43 Å². The number of nitrogens with zero attached hydrogens (tertiary/aromatic N) is 2. The van der Waals surface area contributed by atoms with Gasteiger partial charge in [-0.2, -0.15) is 10.4 Å². The van der Waals surface area contributed by atoms with Gasteiger partial charge in [-0.15, -0.1) is 0 Å². The first-order valence-electron chi connectivity index (χ1n) is 4.71. The van der Waals surface area contributed by atoms with Gasteiger partial charge in [0.15, 0.2) is 0 Å². The minimum atomic E-state index is 0.168. The van der Waals surface area contributed by atoms with E-state index >= 15 is 0 Å². The largest absolute Gasteiger partial charge is 0.306 e. The van der Waals surface area contributed by atoms with E-state index in [-0.39, 0.29) is 6.04 Å². The van der Waals surface area contributed by atoms with E-state index in [1.807, 2.05) is 6.92 Å². The van der Waals surface area contributed by atoms with E-state index in [0.717, 1.165) is 12.8 Å². The number of hydrogen-bond donors (Lipinski definition) is 1. The molecular weight excluding hydrogens is 162 g/mol. The summed E-state index contributed by atoms with van der Waals surface area (Å²) in [4.78, 5) is 0. The third kappa shape index (κ3) is 3.06. The van der Waals surface area contributed by atoms with Gasteiger partial charge in [-0.25, -0.2) is 0 Å². The number of rotatable bonds is 3. The molecule has 1 fully saturated rings. The van der Waals surface area contributed by atoms with Crippen molar-refractivity contribution < 1.29 is 0 Å². The third-order valence-electron chi connectivity index (χ3n) is 2.21. The molecule has 1 N–H and O–H groups in total. The summed E-state index contributed by atoms with van der Waals surface area (Å²) in [5, 5.41) is 12.7. The van der Waals surface area contributed by atoms with Crippen LogP contribution in [-0.4, -0.2) is 11.8 Å². The zero-order chi connectivity index (χ0) is 9.90. The topological polar surface area (TPSA) is 48.2 Å². The Morgan fingerprint density at radius 2 is 2.23 bits per heavy atom. The van der Waals surface area contributed by atoms with Gasteiger partial charge >= 0.3 is 0 Å². The lowest BCUT2D eigenvalue weighted by Gasteiger charge is -2.35. The zero-order valence-electron chi connectivity index (χ0n) is 8.59. The predicted octanol–water partition coefficient (Wildman–Crippen LogP) is 2.05. The summed E-state index contributed by atoms with van der Waals surface area (Å²) in [6, 6.07) is 2.28. The predicted molar refractivity (Wildman–Crippen MR) is 53.3 cm³/mol. The van der Waals surface area contributed by atoms with Gasteiger partial charge in [-0.1, -0.05) is 13.8 Å². The summed E-state index contributed by atoms with van der Waals surface area (Å²) in [5.41, 5.74) is 4.66. The summed E-state index contributed by atoms with van der Waals surface area (Å²) in [6.45, 7) is 6.45. The quantitative estimate of drug-likeness (QED) is 0.674. The standard InChI is InChI=1S/C10H17N3/c1-8(4-5-11)12-13-9-6-10(2,3)7-9/h8,12H,4,6-7H2,1-3H3. The van der Waals surface area contributed by atoms with Gasteiger partial charge in [-0.3, -0.25) is 0 Å². The van der Waals surface area contributed by atoms with Crippen LogP contribution < -0.4 is 5.43 Å². The van der Waals surface area contributed by atoms with Crippen molar-refractivity contribution in [2.45, 2.75) is 46.1 Å². The number of hydrogen-bond acceptors (Lipinski definition) is 3. The van der Waals surface area contributed by atoms with Crippen molar-refractivity contribution in [1.29, 1.82) is 5.26 Å². The molecular formula is C10H17N3. The van der Waals surface area contributed by atoms with Gasteiger partial charge in [0, 0.05) is 5.71 Å². The monoisotopic (exact) mass is 179 g/mol. The Bertz CT molecular complexity index is 237. The lowest BCUT2D eigenvalue weighted by molar-refractivity contribution is 0.336. The molecule has 1 rings (SSSR count). The number of nitriles is 1. The molecule has 1 aliphatic rings. The van der Waals surface area contributed by atoms with Crippen molar-refractivity contribution in [3.05, 3.63) is 0 Å². The molecule has 0 aromatic rings. The second kappa shape index (κ2) is 3.78. The van der Waals surface area contributed by atoms with Gasteiger partial charge in [0.2, 0.25) is 0 Å². The molecule has 13 heavy (non-hydrogen) atoms. The fraction of sp³-hybridized carbons (Fsp3) is 0.800. The van der Waals surface area contributed by atoms with Crippen LogP contribution in [0.4, 0.5) is 0 Å². The van der Waals surface area contributed by atoms with Crippen LogP contribution in [0, 0.1) is 16.7 Å².